The lowest BCUT2D eigenvalue weighted by Gasteiger charge is -2.37. The van der Waals surface area contributed by atoms with Crippen LogP contribution in [0.15, 0.2) is 46.6 Å². The predicted molar refractivity (Wildman–Crippen MR) is 98.5 cm³/mol. The average molecular weight is 386 g/mol. The highest BCUT2D eigenvalue weighted by atomic mass is 32.2. The van der Waals surface area contributed by atoms with Crippen LogP contribution in [0.2, 0.25) is 0 Å². The normalized spacial score (nSPS) is 15.6. The zero-order chi connectivity index (χ0) is 19.0. The van der Waals surface area contributed by atoms with Crippen LogP contribution >= 0.6 is 0 Å². The molecular formula is C17H18N6O3S. The second kappa shape index (κ2) is 7.05. The Kier molecular flexibility index (Phi) is 4.58. The van der Waals surface area contributed by atoms with Crippen LogP contribution in [0.3, 0.4) is 0 Å². The van der Waals surface area contributed by atoms with Gasteiger partial charge in [0.1, 0.15) is 17.5 Å². The lowest BCUT2D eigenvalue weighted by atomic mass is 10.1. The molecular weight excluding hydrogens is 368 g/mol. The first kappa shape index (κ1) is 17.6. The summed E-state index contributed by atoms with van der Waals surface area (Å²) in [6, 6.07) is 8.94. The Morgan fingerprint density at radius 2 is 2.07 bits per heavy atom. The van der Waals surface area contributed by atoms with Gasteiger partial charge in [-0.1, -0.05) is 18.2 Å². The molecule has 0 saturated carbocycles. The number of likely N-dealkylation sites (tertiary alicyclic amines) is 1. The second-order valence-electron chi connectivity index (χ2n) is 6.05. The zero-order valence-electron chi connectivity index (χ0n) is 14.6. The van der Waals surface area contributed by atoms with Gasteiger partial charge in [-0.2, -0.15) is 0 Å². The van der Waals surface area contributed by atoms with Crippen molar-refractivity contribution in [3.8, 4) is 0 Å². The first-order valence-electron chi connectivity index (χ1n) is 8.47. The number of rotatable bonds is 4. The van der Waals surface area contributed by atoms with Crippen LogP contribution in [0.5, 0.6) is 0 Å². The maximum absolute atomic E-state index is 13.1. The molecule has 1 saturated heterocycles. The number of benzene rings is 1. The van der Waals surface area contributed by atoms with Crippen molar-refractivity contribution in [1.29, 1.82) is 0 Å². The van der Waals surface area contributed by atoms with E-state index in [4.69, 9.17) is 10.5 Å². The van der Waals surface area contributed by atoms with Crippen LogP contribution in [-0.2, 0) is 15.9 Å². The molecule has 9 nitrogen and oxygen atoms in total. The zero-order valence-corrected chi connectivity index (χ0v) is 15.4. The van der Waals surface area contributed by atoms with Crippen molar-refractivity contribution in [2.45, 2.75) is 22.9 Å². The van der Waals surface area contributed by atoms with Crippen molar-refractivity contribution in [3.63, 3.8) is 0 Å². The van der Waals surface area contributed by atoms with Crippen LogP contribution in [0.25, 0.3) is 11.0 Å². The lowest BCUT2D eigenvalue weighted by Crippen LogP contribution is -2.51. The molecule has 4 rings (SSSR count). The Hall–Kier alpha value is -2.85. The topological polar surface area (TPSA) is 122 Å². The summed E-state index contributed by atoms with van der Waals surface area (Å²) in [5.74, 6) is 0.229. The summed E-state index contributed by atoms with van der Waals surface area (Å²) in [6.07, 6.45) is 1.000. The van der Waals surface area contributed by atoms with Gasteiger partial charge >= 0.3 is 6.09 Å². The van der Waals surface area contributed by atoms with Crippen molar-refractivity contribution in [2.24, 2.45) is 0 Å². The number of ether oxygens (including phenoxy) is 1. The summed E-state index contributed by atoms with van der Waals surface area (Å²) in [5.41, 5.74) is 6.55. The molecule has 0 bridgehead atoms. The van der Waals surface area contributed by atoms with Crippen molar-refractivity contribution < 1.29 is 14.1 Å². The lowest BCUT2D eigenvalue weighted by molar-refractivity contribution is 0.0576. The van der Waals surface area contributed by atoms with Crippen molar-refractivity contribution in [3.05, 3.63) is 36.7 Å². The molecule has 10 heteroatoms. The molecule has 0 spiro atoms. The average Bonchev–Trinajstić information content (AvgIpc) is 3.02. The van der Waals surface area contributed by atoms with E-state index in [0.29, 0.717) is 40.7 Å². The monoisotopic (exact) mass is 386 g/mol. The standard InChI is InChI=1S/C17H18N6O3S/c1-2-26-17(24)22-8-11(9-22)23-15-13(14(18)19-10-20-15)16(21-23)27(25)12-6-4-3-5-7-12/h3-7,10-11H,2,8-9H2,1H3,(H2,18,19,20). The summed E-state index contributed by atoms with van der Waals surface area (Å²) >= 11 is -1.52. The third-order valence-electron chi connectivity index (χ3n) is 4.35. The van der Waals surface area contributed by atoms with E-state index < -0.39 is 11.2 Å². The number of fused-ring (bicyclic) bond motifs is 1. The summed E-state index contributed by atoms with van der Waals surface area (Å²) < 4.78 is 19.7. The van der Waals surface area contributed by atoms with Gasteiger partial charge in [-0.05, 0) is 19.1 Å². The van der Waals surface area contributed by atoms with E-state index in [1.54, 1.807) is 28.6 Å². The molecule has 1 aliphatic rings. The maximum atomic E-state index is 13.1. The quantitative estimate of drug-likeness (QED) is 0.676. The number of carbonyl (C=O) groups is 1. The third kappa shape index (κ3) is 3.06. The van der Waals surface area contributed by atoms with Gasteiger partial charge in [0.25, 0.3) is 5.03 Å². The fourth-order valence-electron chi connectivity index (χ4n) is 2.98. The number of nitrogens with two attached hydrogens (primary N) is 1. The van der Waals surface area contributed by atoms with Crippen LogP contribution in [0.4, 0.5) is 10.6 Å². The molecule has 140 valence electrons. The minimum Gasteiger partial charge on any atom is -0.605 e. The highest BCUT2D eigenvalue weighted by molar-refractivity contribution is 7.91. The Morgan fingerprint density at radius 3 is 2.78 bits per heavy atom. The molecule has 2 N–H and O–H groups in total. The number of nitrogen functional groups attached to an aromatic ring is 1. The number of amides is 1. The summed E-state index contributed by atoms with van der Waals surface area (Å²) in [5, 5.41) is 5.35. The molecule has 3 aromatic rings. The highest BCUT2D eigenvalue weighted by Gasteiger charge is 2.37. The number of hydrogen-bond donors (Lipinski definition) is 1. The van der Waals surface area contributed by atoms with Crippen molar-refractivity contribution in [1.82, 2.24) is 24.6 Å². The van der Waals surface area contributed by atoms with E-state index in [2.05, 4.69) is 15.1 Å². The smallest absolute Gasteiger partial charge is 0.409 e. The van der Waals surface area contributed by atoms with Gasteiger partial charge in [0.15, 0.2) is 10.5 Å². The fourth-order valence-corrected chi connectivity index (χ4v) is 4.15. The Bertz CT molecular complexity index is 973. The van der Waals surface area contributed by atoms with E-state index in [1.807, 2.05) is 18.2 Å². The summed E-state index contributed by atoms with van der Waals surface area (Å²) in [4.78, 5) is 22.3. The van der Waals surface area contributed by atoms with E-state index >= 15 is 0 Å². The minimum atomic E-state index is -1.52. The Morgan fingerprint density at radius 1 is 1.33 bits per heavy atom. The van der Waals surface area contributed by atoms with Gasteiger partial charge < -0.3 is 19.9 Å². The van der Waals surface area contributed by atoms with Gasteiger partial charge in [0.2, 0.25) is 0 Å². The number of carbonyl (C=O) groups excluding carboxylic acids is 1. The molecule has 1 aromatic carbocycles. The molecule has 2 aromatic heterocycles. The number of hydrogen-bond acceptors (Lipinski definition) is 7. The number of aromatic nitrogens is 4. The summed E-state index contributed by atoms with van der Waals surface area (Å²) in [6.45, 7) is 2.98. The maximum Gasteiger partial charge on any atom is 0.409 e. The minimum absolute atomic E-state index is 0.0901. The second-order valence-corrected chi connectivity index (χ2v) is 7.44. The van der Waals surface area contributed by atoms with Gasteiger partial charge in [0.05, 0.1) is 12.6 Å². The van der Waals surface area contributed by atoms with Crippen LogP contribution in [0, 0.1) is 0 Å². The first-order chi connectivity index (χ1) is 13.1. The van der Waals surface area contributed by atoms with Crippen molar-refractivity contribution in [2.75, 3.05) is 25.4 Å². The van der Waals surface area contributed by atoms with E-state index in [9.17, 15) is 9.35 Å². The first-order valence-corrected chi connectivity index (χ1v) is 9.62. The molecule has 1 unspecified atom stereocenters. The number of anilines is 1. The molecule has 1 fully saturated rings. The molecule has 1 atom stereocenters. The highest BCUT2D eigenvalue weighted by Crippen LogP contribution is 2.33. The van der Waals surface area contributed by atoms with E-state index in [0.717, 1.165) is 0 Å². The SMILES string of the molecule is CCOC(=O)N1CC(n2nc([S+]([O-])c3ccccc3)c3c(N)ncnc32)C1. The largest absolute Gasteiger partial charge is 0.605 e. The summed E-state index contributed by atoms with van der Waals surface area (Å²) in [7, 11) is 0. The molecule has 3 heterocycles. The van der Waals surface area contributed by atoms with Crippen LogP contribution in [0.1, 0.15) is 13.0 Å². The van der Waals surface area contributed by atoms with Crippen LogP contribution < -0.4 is 5.73 Å². The van der Waals surface area contributed by atoms with Gasteiger partial charge in [0, 0.05) is 24.3 Å². The van der Waals surface area contributed by atoms with Gasteiger partial charge in [-0.25, -0.2) is 19.4 Å². The molecule has 1 aliphatic heterocycles. The fraction of sp³-hybridized carbons (Fsp3) is 0.294. The van der Waals surface area contributed by atoms with Gasteiger partial charge in [-0.15, -0.1) is 5.10 Å². The predicted octanol–water partition coefficient (Wildman–Crippen LogP) is 1.59. The van der Waals surface area contributed by atoms with E-state index in [1.165, 1.54) is 6.33 Å². The Labute approximate surface area is 158 Å². The van der Waals surface area contributed by atoms with E-state index in [-0.39, 0.29) is 18.0 Å². The van der Waals surface area contributed by atoms with Crippen molar-refractivity contribution >= 4 is 34.1 Å². The molecule has 0 aliphatic carbocycles. The number of nitrogens with zero attached hydrogens (tertiary/aromatic N) is 5. The molecule has 0 radical (unpaired) electrons. The van der Waals surface area contributed by atoms with Crippen LogP contribution in [-0.4, -0.2) is 55.0 Å². The third-order valence-corrected chi connectivity index (χ3v) is 5.69. The van der Waals surface area contributed by atoms with Gasteiger partial charge in [-0.3, -0.25) is 0 Å². The Balaban J connectivity index is 1.69. The molecule has 27 heavy (non-hydrogen) atoms. The molecule has 1 amide bonds.